The van der Waals surface area contributed by atoms with Crippen LogP contribution in [0.25, 0.3) is 11.1 Å². The number of aromatic nitrogens is 1. The number of aryl methyl sites for hydroxylation is 1. The van der Waals surface area contributed by atoms with Crippen LogP contribution in [0, 0.1) is 11.3 Å². The van der Waals surface area contributed by atoms with Gasteiger partial charge >= 0.3 is 5.97 Å². The number of hydrogen-bond donors (Lipinski definition) is 0. The smallest absolute Gasteiger partial charge is 0.316 e. The van der Waals surface area contributed by atoms with Crippen LogP contribution in [0.2, 0.25) is 5.02 Å². The molecule has 4 nitrogen and oxygen atoms in total. The van der Waals surface area contributed by atoms with Crippen LogP contribution < -0.4 is 0 Å². The van der Waals surface area contributed by atoms with Gasteiger partial charge in [-0.1, -0.05) is 35.5 Å². The van der Waals surface area contributed by atoms with Crippen molar-refractivity contribution in [1.29, 1.82) is 5.26 Å². The number of hydrogen-bond acceptors (Lipinski definition) is 5. The van der Waals surface area contributed by atoms with Crippen LogP contribution in [0.5, 0.6) is 0 Å². The molecule has 1 heterocycles. The number of esters is 1. The quantitative estimate of drug-likeness (QED) is 0.610. The number of rotatable bonds is 4. The minimum Gasteiger partial charge on any atom is -0.468 e. The van der Waals surface area contributed by atoms with Gasteiger partial charge in [0.25, 0.3) is 0 Å². The van der Waals surface area contributed by atoms with Crippen molar-refractivity contribution in [3.63, 3.8) is 0 Å². The summed E-state index contributed by atoms with van der Waals surface area (Å²) in [5.41, 5.74) is 4.55. The first kappa shape index (κ1) is 16.8. The zero-order valence-corrected chi connectivity index (χ0v) is 14.7. The lowest BCUT2D eigenvalue weighted by Crippen LogP contribution is -2.06. The van der Waals surface area contributed by atoms with Crippen molar-refractivity contribution in [3.8, 4) is 17.2 Å². The fourth-order valence-corrected chi connectivity index (χ4v) is 3.85. The third kappa shape index (κ3) is 3.26. The highest BCUT2D eigenvalue weighted by Gasteiger charge is 2.24. The maximum absolute atomic E-state index is 11.4. The molecule has 24 heavy (non-hydrogen) atoms. The monoisotopic (exact) mass is 358 g/mol. The van der Waals surface area contributed by atoms with E-state index in [0.29, 0.717) is 15.6 Å². The normalized spacial score (nSPS) is 12.5. The number of carbonyl (C=O) groups is 1. The fraction of sp³-hybridized carbons (Fsp3) is 0.278. The maximum atomic E-state index is 11.4. The number of thioether (sulfide) groups is 1. The molecule has 2 aromatic rings. The number of fused-ring (bicyclic) bond motifs is 1. The Hall–Kier alpha value is -2.03. The van der Waals surface area contributed by atoms with Crippen LogP contribution in [0.4, 0.5) is 0 Å². The largest absolute Gasteiger partial charge is 0.468 e. The number of carbonyl (C=O) groups excluding carboxylic acids is 1. The zero-order valence-electron chi connectivity index (χ0n) is 13.1. The van der Waals surface area contributed by atoms with Crippen LogP contribution in [-0.2, 0) is 22.4 Å². The summed E-state index contributed by atoms with van der Waals surface area (Å²) in [5.74, 6) is -0.198. The van der Waals surface area contributed by atoms with Crippen molar-refractivity contribution in [1.82, 2.24) is 4.98 Å². The Bertz CT molecular complexity index is 828. The molecule has 0 atom stereocenters. The topological polar surface area (TPSA) is 63.0 Å². The molecule has 6 heteroatoms. The van der Waals surface area contributed by atoms with Gasteiger partial charge in [-0.3, -0.25) is 4.79 Å². The van der Waals surface area contributed by atoms with Gasteiger partial charge in [-0.25, -0.2) is 4.98 Å². The first-order valence-corrected chi connectivity index (χ1v) is 8.91. The molecule has 3 rings (SSSR count). The molecule has 1 aliphatic rings. The van der Waals surface area contributed by atoms with Gasteiger partial charge in [0.1, 0.15) is 11.1 Å². The number of ether oxygens (including phenoxy) is 1. The van der Waals surface area contributed by atoms with Gasteiger partial charge in [-0.05, 0) is 42.5 Å². The Morgan fingerprint density at radius 1 is 1.38 bits per heavy atom. The summed E-state index contributed by atoms with van der Waals surface area (Å²) in [7, 11) is 1.35. The number of methoxy groups -OCH3 is 1. The second-order valence-corrected chi connectivity index (χ2v) is 6.83. The van der Waals surface area contributed by atoms with Crippen LogP contribution >= 0.6 is 23.4 Å². The summed E-state index contributed by atoms with van der Waals surface area (Å²) >= 11 is 7.24. The van der Waals surface area contributed by atoms with E-state index in [1.165, 1.54) is 18.9 Å². The Morgan fingerprint density at radius 2 is 2.12 bits per heavy atom. The summed E-state index contributed by atoms with van der Waals surface area (Å²) < 4.78 is 4.68. The maximum Gasteiger partial charge on any atom is 0.316 e. The first-order chi connectivity index (χ1) is 11.6. The highest BCUT2D eigenvalue weighted by atomic mass is 35.5. The second kappa shape index (κ2) is 7.25. The number of benzene rings is 1. The van der Waals surface area contributed by atoms with Crippen LogP contribution in [0.1, 0.15) is 23.2 Å². The SMILES string of the molecule is COC(=O)CSc1nc2c(c(-c3ccc(Cl)cc3)c1C#N)CCC2. The summed E-state index contributed by atoms with van der Waals surface area (Å²) in [5, 5.41) is 11.0. The van der Waals surface area contributed by atoms with Gasteiger partial charge in [0.2, 0.25) is 0 Å². The standard InChI is InChI=1S/C18H15ClN2O2S/c1-23-16(22)10-24-18-14(9-20)17(11-5-7-12(19)8-6-11)13-3-2-4-15(13)21-18/h5-8H,2-4,10H2,1H3. The van der Waals surface area contributed by atoms with E-state index < -0.39 is 0 Å². The molecule has 122 valence electrons. The van der Waals surface area contributed by atoms with E-state index in [0.717, 1.165) is 41.6 Å². The predicted octanol–water partition coefficient (Wildman–Crippen LogP) is 4.03. The summed E-state index contributed by atoms with van der Waals surface area (Å²) in [6, 6.07) is 9.77. The highest BCUT2D eigenvalue weighted by Crippen LogP contribution is 2.38. The van der Waals surface area contributed by atoms with E-state index in [-0.39, 0.29) is 11.7 Å². The molecule has 0 unspecified atom stereocenters. The van der Waals surface area contributed by atoms with E-state index in [4.69, 9.17) is 11.6 Å². The van der Waals surface area contributed by atoms with Crippen LogP contribution in [-0.4, -0.2) is 23.8 Å². The Kier molecular flexibility index (Phi) is 5.08. The van der Waals surface area contributed by atoms with Gasteiger partial charge < -0.3 is 4.74 Å². The molecule has 0 amide bonds. The van der Waals surface area contributed by atoms with Crippen molar-refractivity contribution >= 4 is 29.3 Å². The molecule has 0 radical (unpaired) electrons. The lowest BCUT2D eigenvalue weighted by Gasteiger charge is -2.14. The van der Waals surface area contributed by atoms with E-state index in [1.807, 2.05) is 24.3 Å². The van der Waals surface area contributed by atoms with Crippen molar-refractivity contribution in [2.75, 3.05) is 12.9 Å². The lowest BCUT2D eigenvalue weighted by atomic mass is 9.95. The van der Waals surface area contributed by atoms with E-state index >= 15 is 0 Å². The van der Waals surface area contributed by atoms with Gasteiger partial charge in [-0.2, -0.15) is 5.26 Å². The molecule has 1 aromatic heterocycles. The average molecular weight is 359 g/mol. The molecular weight excluding hydrogens is 344 g/mol. The molecule has 0 aliphatic heterocycles. The third-order valence-corrected chi connectivity index (χ3v) is 5.19. The number of nitriles is 1. The minimum absolute atomic E-state index is 0.136. The molecular formula is C18H15ClN2O2S. The van der Waals surface area contributed by atoms with Crippen molar-refractivity contribution in [2.45, 2.75) is 24.3 Å². The number of nitrogens with zero attached hydrogens (tertiary/aromatic N) is 2. The lowest BCUT2D eigenvalue weighted by molar-refractivity contribution is -0.137. The molecule has 0 saturated carbocycles. The van der Waals surface area contributed by atoms with E-state index in [9.17, 15) is 10.1 Å². The van der Waals surface area contributed by atoms with Crippen molar-refractivity contribution < 1.29 is 9.53 Å². The van der Waals surface area contributed by atoms with Gasteiger partial charge in [0, 0.05) is 16.3 Å². The summed E-state index contributed by atoms with van der Waals surface area (Å²) in [6.45, 7) is 0. The second-order valence-electron chi connectivity index (χ2n) is 5.43. The molecule has 0 spiro atoms. The number of pyridine rings is 1. The molecule has 0 saturated heterocycles. The van der Waals surface area contributed by atoms with Crippen molar-refractivity contribution in [3.05, 3.63) is 46.1 Å². The van der Waals surface area contributed by atoms with Crippen LogP contribution in [0.3, 0.4) is 0 Å². The first-order valence-electron chi connectivity index (χ1n) is 7.55. The van der Waals surface area contributed by atoms with Gasteiger partial charge in [-0.15, -0.1) is 0 Å². The highest BCUT2D eigenvalue weighted by molar-refractivity contribution is 7.99. The van der Waals surface area contributed by atoms with E-state index in [2.05, 4.69) is 15.8 Å². The summed E-state index contributed by atoms with van der Waals surface area (Å²) in [6.07, 6.45) is 2.84. The predicted molar refractivity (Wildman–Crippen MR) is 94.2 cm³/mol. The van der Waals surface area contributed by atoms with E-state index in [1.54, 1.807) is 0 Å². The minimum atomic E-state index is -0.334. The third-order valence-electron chi connectivity index (χ3n) is 3.99. The summed E-state index contributed by atoms with van der Waals surface area (Å²) in [4.78, 5) is 16.1. The number of halogens is 1. The average Bonchev–Trinajstić information content (AvgIpc) is 3.07. The Labute approximate surface area is 149 Å². The molecule has 1 aliphatic carbocycles. The molecule has 1 aromatic carbocycles. The van der Waals surface area contributed by atoms with Gasteiger partial charge in [0.15, 0.2) is 0 Å². The van der Waals surface area contributed by atoms with Crippen LogP contribution in [0.15, 0.2) is 29.3 Å². The zero-order chi connectivity index (χ0) is 17.1. The Morgan fingerprint density at radius 3 is 2.79 bits per heavy atom. The molecule has 0 N–H and O–H groups in total. The van der Waals surface area contributed by atoms with Gasteiger partial charge in [0.05, 0.1) is 18.4 Å². The fourth-order valence-electron chi connectivity index (χ4n) is 2.89. The molecule has 0 fully saturated rings. The molecule has 0 bridgehead atoms. The van der Waals surface area contributed by atoms with Crippen molar-refractivity contribution in [2.24, 2.45) is 0 Å². The Balaban J connectivity index is 2.12.